The molecule has 0 heterocycles. The van der Waals surface area contributed by atoms with Crippen LogP contribution in [0.5, 0.6) is 0 Å². The summed E-state index contributed by atoms with van der Waals surface area (Å²) in [5, 5.41) is 17.9. The van der Waals surface area contributed by atoms with Crippen molar-refractivity contribution in [1.29, 1.82) is 5.26 Å². The number of nitriles is 1. The van der Waals surface area contributed by atoms with Gasteiger partial charge in [-0.1, -0.05) is 6.07 Å². The molecule has 0 amide bonds. The van der Waals surface area contributed by atoms with E-state index in [9.17, 15) is 12.8 Å². The van der Waals surface area contributed by atoms with Crippen LogP contribution in [-0.4, -0.2) is 25.7 Å². The molecule has 0 bridgehead atoms. The van der Waals surface area contributed by atoms with Crippen molar-refractivity contribution >= 4 is 10.0 Å². The SMILES string of the molecule is N#Cc1c(F)cccc1S(=O)(=O)NC1CC(O)C1. The number of hydrogen-bond donors (Lipinski definition) is 2. The highest BCUT2D eigenvalue weighted by Gasteiger charge is 2.32. The Bertz CT molecular complexity index is 603. The van der Waals surface area contributed by atoms with E-state index in [0.717, 1.165) is 6.07 Å². The highest BCUT2D eigenvalue weighted by molar-refractivity contribution is 7.89. The molecule has 1 saturated carbocycles. The van der Waals surface area contributed by atoms with Crippen molar-refractivity contribution in [2.24, 2.45) is 0 Å². The van der Waals surface area contributed by atoms with Gasteiger partial charge in [0.2, 0.25) is 10.0 Å². The number of aliphatic hydroxyl groups is 1. The molecule has 1 aromatic rings. The van der Waals surface area contributed by atoms with Crippen LogP contribution in [0.15, 0.2) is 23.1 Å². The molecule has 1 aromatic carbocycles. The maximum atomic E-state index is 13.3. The fourth-order valence-electron chi connectivity index (χ4n) is 1.80. The quantitative estimate of drug-likeness (QED) is 0.836. The number of halogens is 1. The van der Waals surface area contributed by atoms with Crippen LogP contribution >= 0.6 is 0 Å². The third-order valence-electron chi connectivity index (χ3n) is 2.81. The summed E-state index contributed by atoms with van der Waals surface area (Å²) in [6.45, 7) is 0. The molecule has 0 spiro atoms. The van der Waals surface area contributed by atoms with Crippen molar-refractivity contribution in [3.05, 3.63) is 29.6 Å². The van der Waals surface area contributed by atoms with E-state index in [-0.39, 0.29) is 10.9 Å². The summed E-state index contributed by atoms with van der Waals surface area (Å²) in [7, 11) is -3.93. The molecular formula is C11H11FN2O3S. The Hall–Kier alpha value is -1.49. The standard InChI is InChI=1S/C11H11FN2O3S/c12-10-2-1-3-11(9(10)6-13)18(16,17)14-7-4-8(15)5-7/h1-3,7-8,14-15H,4-5H2. The molecule has 0 radical (unpaired) electrons. The van der Waals surface area contributed by atoms with E-state index >= 15 is 0 Å². The Balaban J connectivity index is 2.30. The molecule has 1 aliphatic carbocycles. The van der Waals surface area contributed by atoms with Gasteiger partial charge >= 0.3 is 0 Å². The van der Waals surface area contributed by atoms with E-state index < -0.39 is 27.5 Å². The molecule has 1 fully saturated rings. The monoisotopic (exact) mass is 270 g/mol. The minimum atomic E-state index is -3.93. The van der Waals surface area contributed by atoms with Crippen LogP contribution in [0.1, 0.15) is 18.4 Å². The lowest BCUT2D eigenvalue weighted by Gasteiger charge is -2.31. The van der Waals surface area contributed by atoms with Gasteiger partial charge in [-0.2, -0.15) is 5.26 Å². The van der Waals surface area contributed by atoms with Gasteiger partial charge in [0.1, 0.15) is 22.3 Å². The Morgan fingerprint density at radius 1 is 1.44 bits per heavy atom. The predicted molar refractivity (Wildman–Crippen MR) is 60.5 cm³/mol. The molecule has 96 valence electrons. The Morgan fingerprint density at radius 3 is 2.67 bits per heavy atom. The summed E-state index contributed by atoms with van der Waals surface area (Å²) in [6, 6.07) is 4.63. The number of benzene rings is 1. The zero-order chi connectivity index (χ0) is 13.3. The van der Waals surface area contributed by atoms with Crippen molar-refractivity contribution in [3.63, 3.8) is 0 Å². The number of hydrogen-bond acceptors (Lipinski definition) is 4. The molecule has 0 atom stereocenters. The van der Waals surface area contributed by atoms with E-state index in [4.69, 9.17) is 10.4 Å². The zero-order valence-corrected chi connectivity index (χ0v) is 10.1. The molecule has 0 aliphatic heterocycles. The van der Waals surface area contributed by atoms with Crippen molar-refractivity contribution < 1.29 is 17.9 Å². The fourth-order valence-corrected chi connectivity index (χ4v) is 3.23. The average molecular weight is 270 g/mol. The lowest BCUT2D eigenvalue weighted by Crippen LogP contribution is -2.46. The van der Waals surface area contributed by atoms with Gasteiger partial charge in [-0.3, -0.25) is 0 Å². The minimum absolute atomic E-state index is 0.330. The Labute approximate surface area is 104 Å². The Kier molecular flexibility index (Phi) is 3.34. The molecule has 7 heteroatoms. The van der Waals surface area contributed by atoms with E-state index in [1.165, 1.54) is 12.1 Å². The lowest BCUT2D eigenvalue weighted by atomic mass is 9.91. The molecule has 0 saturated heterocycles. The molecular weight excluding hydrogens is 259 g/mol. The Morgan fingerprint density at radius 2 is 2.11 bits per heavy atom. The first-order chi connectivity index (χ1) is 8.44. The van der Waals surface area contributed by atoms with Crippen LogP contribution in [0.25, 0.3) is 0 Å². The van der Waals surface area contributed by atoms with Crippen LogP contribution < -0.4 is 4.72 Å². The van der Waals surface area contributed by atoms with Crippen molar-refractivity contribution in [1.82, 2.24) is 4.72 Å². The highest BCUT2D eigenvalue weighted by atomic mass is 32.2. The van der Waals surface area contributed by atoms with E-state index in [2.05, 4.69) is 4.72 Å². The number of rotatable bonds is 3. The highest BCUT2D eigenvalue weighted by Crippen LogP contribution is 2.24. The van der Waals surface area contributed by atoms with E-state index in [0.29, 0.717) is 12.8 Å². The number of aliphatic hydroxyl groups excluding tert-OH is 1. The summed E-state index contributed by atoms with van der Waals surface area (Å²) in [5.74, 6) is -0.867. The van der Waals surface area contributed by atoms with Crippen LogP contribution in [0.4, 0.5) is 4.39 Å². The van der Waals surface area contributed by atoms with Gasteiger partial charge < -0.3 is 5.11 Å². The molecule has 5 nitrogen and oxygen atoms in total. The second-order valence-corrected chi connectivity index (χ2v) is 5.85. The van der Waals surface area contributed by atoms with Gasteiger partial charge in [0.05, 0.1) is 6.10 Å². The summed E-state index contributed by atoms with van der Waals surface area (Å²) in [6.07, 6.45) is 0.160. The first-order valence-electron chi connectivity index (χ1n) is 5.33. The number of nitrogens with zero attached hydrogens (tertiary/aromatic N) is 1. The zero-order valence-electron chi connectivity index (χ0n) is 9.30. The van der Waals surface area contributed by atoms with E-state index in [1.54, 1.807) is 6.07 Å². The number of nitrogens with one attached hydrogen (secondary N) is 1. The van der Waals surface area contributed by atoms with Crippen molar-refractivity contribution in [2.45, 2.75) is 29.9 Å². The lowest BCUT2D eigenvalue weighted by molar-refractivity contribution is 0.0712. The molecule has 2 rings (SSSR count). The minimum Gasteiger partial charge on any atom is -0.393 e. The average Bonchev–Trinajstić information content (AvgIpc) is 2.26. The maximum absolute atomic E-state index is 13.3. The van der Waals surface area contributed by atoms with Crippen LogP contribution in [-0.2, 0) is 10.0 Å². The molecule has 2 N–H and O–H groups in total. The largest absolute Gasteiger partial charge is 0.393 e. The van der Waals surface area contributed by atoms with Crippen LogP contribution in [0.3, 0.4) is 0 Å². The summed E-state index contributed by atoms with van der Waals surface area (Å²) in [4.78, 5) is -0.369. The number of sulfonamides is 1. The molecule has 0 aromatic heterocycles. The van der Waals surface area contributed by atoms with E-state index in [1.807, 2.05) is 0 Å². The molecule has 1 aliphatic rings. The third kappa shape index (κ3) is 2.36. The van der Waals surface area contributed by atoms with Crippen LogP contribution in [0.2, 0.25) is 0 Å². The van der Waals surface area contributed by atoms with Crippen LogP contribution in [0, 0.1) is 17.1 Å². The maximum Gasteiger partial charge on any atom is 0.242 e. The second-order valence-electron chi connectivity index (χ2n) is 4.17. The van der Waals surface area contributed by atoms with Gasteiger partial charge in [-0.05, 0) is 25.0 Å². The van der Waals surface area contributed by atoms with Gasteiger partial charge in [0.25, 0.3) is 0 Å². The summed E-state index contributed by atoms with van der Waals surface area (Å²) < 4.78 is 39.6. The fraction of sp³-hybridized carbons (Fsp3) is 0.364. The summed E-state index contributed by atoms with van der Waals surface area (Å²) >= 11 is 0. The predicted octanol–water partition coefficient (Wildman–Crippen LogP) is 0.499. The second kappa shape index (κ2) is 4.65. The summed E-state index contributed by atoms with van der Waals surface area (Å²) in [5.41, 5.74) is -0.495. The molecule has 18 heavy (non-hydrogen) atoms. The van der Waals surface area contributed by atoms with Gasteiger partial charge in [0.15, 0.2) is 0 Å². The first kappa shape index (κ1) is 13.0. The first-order valence-corrected chi connectivity index (χ1v) is 6.81. The smallest absolute Gasteiger partial charge is 0.242 e. The third-order valence-corrected chi connectivity index (χ3v) is 4.37. The van der Waals surface area contributed by atoms with Gasteiger partial charge in [-0.15, -0.1) is 0 Å². The van der Waals surface area contributed by atoms with Gasteiger partial charge in [0, 0.05) is 6.04 Å². The normalized spacial score (nSPS) is 23.2. The van der Waals surface area contributed by atoms with Crippen molar-refractivity contribution in [3.8, 4) is 6.07 Å². The topological polar surface area (TPSA) is 90.2 Å². The van der Waals surface area contributed by atoms with Crippen molar-refractivity contribution in [2.75, 3.05) is 0 Å². The molecule has 0 unspecified atom stereocenters. The van der Waals surface area contributed by atoms with Gasteiger partial charge in [-0.25, -0.2) is 17.5 Å².